The van der Waals surface area contributed by atoms with Crippen LogP contribution < -0.4 is 11.1 Å². The molecule has 2 aromatic heterocycles. The van der Waals surface area contributed by atoms with Crippen LogP contribution in [0.25, 0.3) is 5.82 Å². The second-order valence-corrected chi connectivity index (χ2v) is 3.77. The zero-order valence-corrected chi connectivity index (χ0v) is 12.4. The Morgan fingerprint density at radius 2 is 2.15 bits per heavy atom. The molecule has 2 aromatic rings. The molecule has 6 nitrogen and oxygen atoms in total. The minimum Gasteiger partial charge on any atom is -0.352 e. The summed E-state index contributed by atoms with van der Waals surface area (Å²) in [6.45, 7) is 1.15. The van der Waals surface area contributed by atoms with Crippen LogP contribution in [0.5, 0.6) is 0 Å². The SMILES string of the molecule is Cl.Cl.NCCCNC(=O)c1ccc(-n2ccnc2)nc1. The number of amides is 1. The summed E-state index contributed by atoms with van der Waals surface area (Å²) < 4.78 is 1.77. The summed E-state index contributed by atoms with van der Waals surface area (Å²) in [4.78, 5) is 19.9. The molecule has 0 atom stereocenters. The van der Waals surface area contributed by atoms with Gasteiger partial charge in [-0.2, -0.15) is 0 Å². The van der Waals surface area contributed by atoms with E-state index in [2.05, 4.69) is 15.3 Å². The van der Waals surface area contributed by atoms with Crippen LogP contribution >= 0.6 is 24.8 Å². The van der Waals surface area contributed by atoms with Gasteiger partial charge >= 0.3 is 0 Å². The van der Waals surface area contributed by atoms with Gasteiger partial charge in [-0.1, -0.05) is 0 Å². The van der Waals surface area contributed by atoms with Gasteiger partial charge in [-0.05, 0) is 25.1 Å². The Morgan fingerprint density at radius 1 is 1.35 bits per heavy atom. The molecule has 110 valence electrons. The first-order valence-corrected chi connectivity index (χ1v) is 5.74. The van der Waals surface area contributed by atoms with Crippen molar-refractivity contribution in [3.8, 4) is 5.82 Å². The first kappa shape index (κ1) is 18.4. The van der Waals surface area contributed by atoms with E-state index in [1.807, 2.05) is 0 Å². The smallest absolute Gasteiger partial charge is 0.252 e. The molecule has 0 spiro atoms. The number of imidazole rings is 1. The molecule has 0 aliphatic heterocycles. The summed E-state index contributed by atoms with van der Waals surface area (Å²) in [5, 5.41) is 2.78. The van der Waals surface area contributed by atoms with E-state index in [1.54, 1.807) is 41.6 Å². The van der Waals surface area contributed by atoms with Crippen molar-refractivity contribution in [2.24, 2.45) is 5.73 Å². The van der Waals surface area contributed by atoms with Gasteiger partial charge in [-0.3, -0.25) is 9.36 Å². The summed E-state index contributed by atoms with van der Waals surface area (Å²) in [6.07, 6.45) is 7.45. The molecule has 0 aromatic carbocycles. The molecule has 3 N–H and O–H groups in total. The molecule has 8 heteroatoms. The molecule has 0 saturated carbocycles. The van der Waals surface area contributed by atoms with E-state index in [9.17, 15) is 4.79 Å². The van der Waals surface area contributed by atoms with Gasteiger partial charge in [0.05, 0.1) is 5.56 Å². The van der Waals surface area contributed by atoms with Gasteiger partial charge in [-0.15, -0.1) is 24.8 Å². The van der Waals surface area contributed by atoms with Crippen LogP contribution in [0, 0.1) is 0 Å². The highest BCUT2D eigenvalue weighted by Crippen LogP contribution is 2.05. The van der Waals surface area contributed by atoms with Crippen molar-refractivity contribution in [2.45, 2.75) is 6.42 Å². The zero-order chi connectivity index (χ0) is 12.8. The van der Waals surface area contributed by atoms with E-state index >= 15 is 0 Å². The number of nitrogens with two attached hydrogens (primary N) is 1. The van der Waals surface area contributed by atoms with Gasteiger partial charge < -0.3 is 11.1 Å². The number of carbonyl (C=O) groups excluding carboxylic acids is 1. The second kappa shape index (κ2) is 9.30. The number of hydrogen-bond donors (Lipinski definition) is 2. The van der Waals surface area contributed by atoms with Crippen LogP contribution in [0.15, 0.2) is 37.1 Å². The van der Waals surface area contributed by atoms with E-state index < -0.39 is 0 Å². The largest absolute Gasteiger partial charge is 0.352 e. The van der Waals surface area contributed by atoms with Crippen LogP contribution in [0.3, 0.4) is 0 Å². The maximum absolute atomic E-state index is 11.7. The average Bonchev–Trinajstić information content (AvgIpc) is 2.93. The predicted molar refractivity (Wildman–Crippen MR) is 81.9 cm³/mol. The van der Waals surface area contributed by atoms with E-state index in [4.69, 9.17) is 5.73 Å². The van der Waals surface area contributed by atoms with Gasteiger partial charge in [0.1, 0.15) is 12.1 Å². The third kappa shape index (κ3) is 4.80. The molecular weight excluding hydrogens is 301 g/mol. The molecule has 0 unspecified atom stereocenters. The maximum Gasteiger partial charge on any atom is 0.252 e. The summed E-state index contributed by atoms with van der Waals surface area (Å²) in [6, 6.07) is 3.51. The number of pyridine rings is 1. The van der Waals surface area contributed by atoms with Crippen molar-refractivity contribution < 1.29 is 4.79 Å². The van der Waals surface area contributed by atoms with Crippen molar-refractivity contribution in [3.05, 3.63) is 42.6 Å². The van der Waals surface area contributed by atoms with E-state index in [0.717, 1.165) is 12.2 Å². The third-order valence-electron chi connectivity index (χ3n) is 2.45. The number of nitrogens with one attached hydrogen (secondary N) is 1. The van der Waals surface area contributed by atoms with Gasteiger partial charge in [0.25, 0.3) is 5.91 Å². The minimum atomic E-state index is -0.131. The Labute approximate surface area is 129 Å². The lowest BCUT2D eigenvalue weighted by atomic mass is 10.2. The second-order valence-electron chi connectivity index (χ2n) is 3.77. The topological polar surface area (TPSA) is 85.8 Å². The van der Waals surface area contributed by atoms with E-state index in [-0.39, 0.29) is 30.7 Å². The van der Waals surface area contributed by atoms with Gasteiger partial charge in [-0.25, -0.2) is 9.97 Å². The summed E-state index contributed by atoms with van der Waals surface area (Å²) >= 11 is 0. The first-order chi connectivity index (χ1) is 8.81. The molecule has 2 rings (SSSR count). The number of carbonyl (C=O) groups is 1. The minimum absolute atomic E-state index is 0. The first-order valence-electron chi connectivity index (χ1n) is 5.74. The maximum atomic E-state index is 11.7. The highest BCUT2D eigenvalue weighted by molar-refractivity contribution is 5.93. The molecule has 0 saturated heterocycles. The monoisotopic (exact) mass is 317 g/mol. The third-order valence-corrected chi connectivity index (χ3v) is 2.45. The molecule has 20 heavy (non-hydrogen) atoms. The highest BCUT2D eigenvalue weighted by Gasteiger charge is 2.05. The molecule has 2 heterocycles. The number of halogens is 2. The lowest BCUT2D eigenvalue weighted by Crippen LogP contribution is -2.26. The Balaban J connectivity index is 0.00000180. The van der Waals surface area contributed by atoms with Crippen molar-refractivity contribution in [1.82, 2.24) is 19.9 Å². The summed E-state index contributed by atoms with van der Waals surface area (Å²) in [5.41, 5.74) is 5.89. The summed E-state index contributed by atoms with van der Waals surface area (Å²) in [5.74, 6) is 0.596. The van der Waals surface area contributed by atoms with Crippen LogP contribution in [0.1, 0.15) is 16.8 Å². The Bertz CT molecular complexity index is 501. The van der Waals surface area contributed by atoms with Crippen molar-refractivity contribution in [1.29, 1.82) is 0 Å². The number of aromatic nitrogens is 3. The Kier molecular flexibility index (Phi) is 8.54. The molecule has 1 amide bonds. The number of hydrogen-bond acceptors (Lipinski definition) is 4. The van der Waals surface area contributed by atoms with Crippen LogP contribution in [-0.4, -0.2) is 33.5 Å². The highest BCUT2D eigenvalue weighted by atomic mass is 35.5. The van der Waals surface area contributed by atoms with Crippen molar-refractivity contribution in [3.63, 3.8) is 0 Å². The van der Waals surface area contributed by atoms with E-state index in [1.165, 1.54) is 0 Å². The molecule has 0 fully saturated rings. The average molecular weight is 318 g/mol. The fourth-order valence-corrected chi connectivity index (χ4v) is 1.47. The quantitative estimate of drug-likeness (QED) is 0.811. The van der Waals surface area contributed by atoms with Crippen LogP contribution in [0.4, 0.5) is 0 Å². The molecule has 0 aliphatic carbocycles. The van der Waals surface area contributed by atoms with Crippen molar-refractivity contribution in [2.75, 3.05) is 13.1 Å². The molecule has 0 radical (unpaired) electrons. The lowest BCUT2D eigenvalue weighted by molar-refractivity contribution is 0.0953. The van der Waals surface area contributed by atoms with E-state index in [0.29, 0.717) is 18.7 Å². The normalized spacial score (nSPS) is 9.25. The summed E-state index contributed by atoms with van der Waals surface area (Å²) in [7, 11) is 0. The zero-order valence-electron chi connectivity index (χ0n) is 10.7. The predicted octanol–water partition coefficient (Wildman–Crippen LogP) is 1.19. The Morgan fingerprint density at radius 3 is 2.70 bits per heavy atom. The number of nitrogens with zero attached hydrogens (tertiary/aromatic N) is 3. The molecular formula is C12H17Cl2N5O. The Hall–Kier alpha value is -1.63. The van der Waals surface area contributed by atoms with Crippen LogP contribution in [-0.2, 0) is 0 Å². The molecule has 0 aliphatic rings. The van der Waals surface area contributed by atoms with Gasteiger partial charge in [0, 0.05) is 25.1 Å². The van der Waals surface area contributed by atoms with Crippen molar-refractivity contribution >= 4 is 30.7 Å². The molecule has 0 bridgehead atoms. The fourth-order valence-electron chi connectivity index (χ4n) is 1.47. The van der Waals surface area contributed by atoms with Gasteiger partial charge in [0.2, 0.25) is 0 Å². The van der Waals surface area contributed by atoms with Crippen LogP contribution in [0.2, 0.25) is 0 Å². The fraction of sp³-hybridized carbons (Fsp3) is 0.250. The van der Waals surface area contributed by atoms with Gasteiger partial charge in [0.15, 0.2) is 0 Å². The lowest BCUT2D eigenvalue weighted by Gasteiger charge is -2.05. The number of rotatable bonds is 5. The standard InChI is InChI=1S/C12H15N5O.2ClH/c13-4-1-5-15-12(18)10-2-3-11(16-8-10)17-7-6-14-9-17;;/h2-3,6-9H,1,4-5,13H2,(H,15,18);2*1H.